The summed E-state index contributed by atoms with van der Waals surface area (Å²) >= 11 is 0. The Hall–Kier alpha value is -1.19. The van der Waals surface area contributed by atoms with Gasteiger partial charge in [0.25, 0.3) is 0 Å². The molecule has 4 nitrogen and oxygen atoms in total. The second-order valence-corrected chi connectivity index (χ2v) is 4.72. The van der Waals surface area contributed by atoms with Crippen molar-refractivity contribution in [2.24, 2.45) is 0 Å². The summed E-state index contributed by atoms with van der Waals surface area (Å²) in [5.41, 5.74) is 0. The fourth-order valence-electron chi connectivity index (χ4n) is 2.20. The van der Waals surface area contributed by atoms with E-state index in [0.29, 0.717) is 18.5 Å². The average molecular weight is 239 g/mol. The molecule has 2 atom stereocenters. The first-order valence-electron chi connectivity index (χ1n) is 6.62. The van der Waals surface area contributed by atoms with Crippen LogP contribution in [0.1, 0.15) is 46.0 Å². The normalized spacial score (nSPS) is 23.1. The number of unbranched alkanes of at least 4 members (excludes halogenated alkanes) is 2. The fraction of sp³-hybridized carbons (Fsp3) is 0.769. The van der Waals surface area contributed by atoms with Crippen LogP contribution in [0.2, 0.25) is 0 Å². The van der Waals surface area contributed by atoms with Crippen LogP contribution in [0.3, 0.4) is 0 Å². The molecule has 0 aromatic rings. The molecule has 0 aromatic heterocycles. The van der Waals surface area contributed by atoms with Crippen LogP contribution in [0.15, 0.2) is 12.4 Å². The Bertz CT molecular complexity index is 265. The lowest BCUT2D eigenvalue weighted by molar-refractivity contribution is -0.121. The summed E-state index contributed by atoms with van der Waals surface area (Å²) in [5, 5.41) is 9.43. The first-order valence-corrected chi connectivity index (χ1v) is 6.62. The van der Waals surface area contributed by atoms with E-state index in [9.17, 15) is 4.79 Å². The van der Waals surface area contributed by atoms with Crippen molar-refractivity contribution >= 4 is 5.91 Å². The van der Waals surface area contributed by atoms with Gasteiger partial charge in [-0.15, -0.1) is 0 Å². The van der Waals surface area contributed by atoms with Gasteiger partial charge in [-0.3, -0.25) is 4.79 Å². The van der Waals surface area contributed by atoms with Crippen molar-refractivity contribution in [3.63, 3.8) is 0 Å². The van der Waals surface area contributed by atoms with Crippen LogP contribution >= 0.6 is 0 Å². The predicted octanol–water partition coefficient (Wildman–Crippen LogP) is 1.49. The van der Waals surface area contributed by atoms with E-state index in [1.165, 1.54) is 0 Å². The maximum Gasteiger partial charge on any atom is 0.219 e. The Kier molecular flexibility index (Phi) is 5.87. The Morgan fingerprint density at radius 3 is 2.71 bits per heavy atom. The zero-order chi connectivity index (χ0) is 12.7. The van der Waals surface area contributed by atoms with Gasteiger partial charge in [0, 0.05) is 25.0 Å². The molecule has 1 saturated heterocycles. The molecule has 0 aromatic carbocycles. The van der Waals surface area contributed by atoms with E-state index in [-0.39, 0.29) is 5.91 Å². The third-order valence-corrected chi connectivity index (χ3v) is 3.16. The number of rotatable bonds is 7. The van der Waals surface area contributed by atoms with Gasteiger partial charge in [0.05, 0.1) is 5.82 Å². The molecular weight excluding hydrogens is 214 g/mol. The number of nitrogens with one attached hydrogen (secondary N) is 3. The first kappa shape index (κ1) is 13.9. The van der Waals surface area contributed by atoms with E-state index in [4.69, 9.17) is 0 Å². The van der Waals surface area contributed by atoms with E-state index >= 15 is 0 Å². The molecule has 4 heteroatoms. The molecule has 0 saturated carbocycles. The summed E-state index contributed by atoms with van der Waals surface area (Å²) in [6, 6.07) is 0.956. The second-order valence-electron chi connectivity index (χ2n) is 4.72. The largest absolute Gasteiger partial charge is 0.368 e. The number of carbonyl (C=O) groups excluding carboxylic acids is 1. The van der Waals surface area contributed by atoms with E-state index in [1.807, 2.05) is 6.92 Å². The van der Waals surface area contributed by atoms with Gasteiger partial charge >= 0.3 is 0 Å². The highest BCUT2D eigenvalue weighted by Crippen LogP contribution is 2.13. The molecule has 1 aliphatic heterocycles. The molecule has 1 rings (SSSR count). The minimum atomic E-state index is 0.176. The van der Waals surface area contributed by atoms with Crippen molar-refractivity contribution in [2.45, 2.75) is 58.0 Å². The fourth-order valence-corrected chi connectivity index (χ4v) is 2.20. The van der Waals surface area contributed by atoms with Gasteiger partial charge in [-0.25, -0.2) is 0 Å². The lowest BCUT2D eigenvalue weighted by Crippen LogP contribution is -2.30. The van der Waals surface area contributed by atoms with Gasteiger partial charge in [-0.05, 0) is 26.7 Å². The average Bonchev–Trinajstić information content (AvgIpc) is 2.57. The summed E-state index contributed by atoms with van der Waals surface area (Å²) in [6.07, 6.45) is 5.07. The van der Waals surface area contributed by atoms with Crippen molar-refractivity contribution in [1.82, 2.24) is 16.0 Å². The Morgan fingerprint density at radius 2 is 2.12 bits per heavy atom. The Balaban J connectivity index is 2.01. The minimum Gasteiger partial charge on any atom is -0.368 e. The van der Waals surface area contributed by atoms with Gasteiger partial charge < -0.3 is 16.0 Å². The smallest absolute Gasteiger partial charge is 0.219 e. The van der Waals surface area contributed by atoms with Crippen LogP contribution in [0.5, 0.6) is 0 Å². The zero-order valence-electron chi connectivity index (χ0n) is 11.0. The van der Waals surface area contributed by atoms with Crippen LogP contribution in [0.4, 0.5) is 0 Å². The molecule has 0 unspecified atom stereocenters. The monoisotopic (exact) mass is 239 g/mol. The molecule has 1 heterocycles. The standard InChI is InChI=1S/C13H25N3O/c1-4-14-13(17)9-7-5-6-8-12-10(2)15-11(3)16-12/h10,12,15-16H,3-9H2,1-2H3,(H,14,17)/t10-,12+/m0/s1. The number of hydrogen-bond acceptors (Lipinski definition) is 3. The van der Waals surface area contributed by atoms with E-state index in [0.717, 1.165) is 38.0 Å². The molecule has 1 fully saturated rings. The topological polar surface area (TPSA) is 53.2 Å². The molecule has 0 bridgehead atoms. The summed E-state index contributed by atoms with van der Waals surface area (Å²) in [6.45, 7) is 8.72. The summed E-state index contributed by atoms with van der Waals surface area (Å²) in [7, 11) is 0. The van der Waals surface area contributed by atoms with Gasteiger partial charge in [-0.2, -0.15) is 0 Å². The van der Waals surface area contributed by atoms with Crippen molar-refractivity contribution in [1.29, 1.82) is 0 Å². The lowest BCUT2D eigenvalue weighted by atomic mass is 10.0. The molecule has 1 aliphatic rings. The summed E-state index contributed by atoms with van der Waals surface area (Å²) < 4.78 is 0. The highest BCUT2D eigenvalue weighted by atomic mass is 16.1. The van der Waals surface area contributed by atoms with E-state index in [2.05, 4.69) is 29.5 Å². The molecule has 17 heavy (non-hydrogen) atoms. The van der Waals surface area contributed by atoms with Crippen LogP contribution in [0, 0.1) is 0 Å². The molecular formula is C13H25N3O. The molecule has 0 aliphatic carbocycles. The maximum absolute atomic E-state index is 11.2. The van der Waals surface area contributed by atoms with Gasteiger partial charge in [-0.1, -0.05) is 19.4 Å². The van der Waals surface area contributed by atoms with Gasteiger partial charge in [0.1, 0.15) is 0 Å². The lowest BCUT2D eigenvalue weighted by Gasteiger charge is -2.14. The molecule has 0 radical (unpaired) electrons. The predicted molar refractivity (Wildman–Crippen MR) is 70.4 cm³/mol. The quantitative estimate of drug-likeness (QED) is 0.590. The van der Waals surface area contributed by atoms with Crippen molar-refractivity contribution in [3.05, 3.63) is 12.4 Å². The summed E-state index contributed by atoms with van der Waals surface area (Å²) in [4.78, 5) is 11.2. The van der Waals surface area contributed by atoms with E-state index in [1.54, 1.807) is 0 Å². The Labute approximate surface area is 104 Å². The number of hydrogen-bond donors (Lipinski definition) is 3. The van der Waals surface area contributed by atoms with Crippen molar-refractivity contribution in [2.75, 3.05) is 6.54 Å². The second kappa shape index (κ2) is 7.20. The van der Waals surface area contributed by atoms with Crippen LogP contribution in [-0.2, 0) is 4.79 Å². The van der Waals surface area contributed by atoms with Crippen LogP contribution < -0.4 is 16.0 Å². The third-order valence-electron chi connectivity index (χ3n) is 3.16. The SMILES string of the molecule is C=C1N[C@@H](C)[C@@H](CCCCCC(=O)NCC)N1. The summed E-state index contributed by atoms with van der Waals surface area (Å²) in [5.74, 6) is 1.11. The minimum absolute atomic E-state index is 0.176. The Morgan fingerprint density at radius 1 is 1.35 bits per heavy atom. The van der Waals surface area contributed by atoms with Crippen LogP contribution in [-0.4, -0.2) is 24.5 Å². The molecule has 98 valence electrons. The number of amides is 1. The zero-order valence-corrected chi connectivity index (χ0v) is 11.0. The molecule has 0 spiro atoms. The highest BCUT2D eigenvalue weighted by molar-refractivity contribution is 5.75. The van der Waals surface area contributed by atoms with Gasteiger partial charge in [0.2, 0.25) is 5.91 Å². The van der Waals surface area contributed by atoms with Gasteiger partial charge in [0.15, 0.2) is 0 Å². The highest BCUT2D eigenvalue weighted by Gasteiger charge is 2.23. The molecule has 1 amide bonds. The van der Waals surface area contributed by atoms with Crippen molar-refractivity contribution < 1.29 is 4.79 Å². The van der Waals surface area contributed by atoms with E-state index < -0.39 is 0 Å². The van der Waals surface area contributed by atoms with Crippen molar-refractivity contribution in [3.8, 4) is 0 Å². The number of carbonyl (C=O) groups is 1. The van der Waals surface area contributed by atoms with Crippen LogP contribution in [0.25, 0.3) is 0 Å². The first-order chi connectivity index (χ1) is 8.13. The third kappa shape index (κ3) is 5.11. The molecule has 3 N–H and O–H groups in total. The maximum atomic E-state index is 11.2.